The van der Waals surface area contributed by atoms with Gasteiger partial charge in [0.15, 0.2) is 10.8 Å². The molecule has 2 rings (SSSR count). The molecule has 0 unspecified atom stereocenters. The van der Waals surface area contributed by atoms with Crippen LogP contribution in [0.2, 0.25) is 0 Å². The van der Waals surface area contributed by atoms with Gasteiger partial charge >= 0.3 is 0 Å². The number of methoxy groups -OCH3 is 1. The second-order valence-electron chi connectivity index (χ2n) is 4.00. The minimum atomic E-state index is 0.725. The van der Waals surface area contributed by atoms with Gasteiger partial charge in [-0.05, 0) is 0 Å². The molecule has 0 atom stereocenters. The third kappa shape index (κ3) is 2.59. The Bertz CT molecular complexity index is 477. The molecule has 0 spiro atoms. The molecule has 17 heavy (non-hydrogen) atoms. The van der Waals surface area contributed by atoms with Crippen LogP contribution in [0.3, 0.4) is 0 Å². The number of rotatable bonds is 6. The summed E-state index contributed by atoms with van der Waals surface area (Å²) in [5, 5.41) is 5.41. The van der Waals surface area contributed by atoms with Crippen molar-refractivity contribution in [3.05, 3.63) is 17.3 Å². The van der Waals surface area contributed by atoms with Crippen molar-refractivity contribution in [1.82, 2.24) is 14.7 Å². The number of nitrogens with one attached hydrogen (secondary N) is 1. The van der Waals surface area contributed by atoms with Gasteiger partial charge in [-0.25, -0.2) is 4.98 Å². The standard InChI is InChI=1S/C11H18N4OS/c1-14(2)10-9(8-12-4-6-16-3)15-5-7-17-11(15)13-10/h5,7,12H,4,6,8H2,1-3H3. The van der Waals surface area contributed by atoms with E-state index in [4.69, 9.17) is 4.74 Å². The Morgan fingerprint density at radius 1 is 1.53 bits per heavy atom. The van der Waals surface area contributed by atoms with Crippen LogP contribution in [0, 0.1) is 0 Å². The molecule has 0 saturated carbocycles. The number of aromatic nitrogens is 2. The van der Waals surface area contributed by atoms with Crippen molar-refractivity contribution >= 4 is 22.1 Å². The summed E-state index contributed by atoms with van der Waals surface area (Å²) in [5.41, 5.74) is 1.20. The van der Waals surface area contributed by atoms with Crippen LogP contribution in [0.5, 0.6) is 0 Å². The topological polar surface area (TPSA) is 41.8 Å². The fraction of sp³-hybridized carbons (Fsp3) is 0.545. The highest BCUT2D eigenvalue weighted by molar-refractivity contribution is 7.15. The van der Waals surface area contributed by atoms with Crippen LogP contribution in [0.15, 0.2) is 11.6 Å². The minimum absolute atomic E-state index is 0.725. The van der Waals surface area contributed by atoms with E-state index in [0.29, 0.717) is 0 Å². The molecule has 5 nitrogen and oxygen atoms in total. The van der Waals surface area contributed by atoms with E-state index in [1.54, 1.807) is 18.4 Å². The highest BCUT2D eigenvalue weighted by atomic mass is 32.1. The zero-order valence-electron chi connectivity index (χ0n) is 10.4. The van der Waals surface area contributed by atoms with Crippen molar-refractivity contribution in [2.45, 2.75) is 6.54 Å². The van der Waals surface area contributed by atoms with Crippen molar-refractivity contribution < 1.29 is 4.74 Å². The van der Waals surface area contributed by atoms with Crippen molar-refractivity contribution in [2.75, 3.05) is 39.3 Å². The van der Waals surface area contributed by atoms with Crippen molar-refractivity contribution in [2.24, 2.45) is 0 Å². The van der Waals surface area contributed by atoms with Crippen molar-refractivity contribution in [1.29, 1.82) is 0 Å². The van der Waals surface area contributed by atoms with Crippen LogP contribution in [0.25, 0.3) is 4.96 Å². The van der Waals surface area contributed by atoms with Gasteiger partial charge in [-0.15, -0.1) is 11.3 Å². The SMILES string of the molecule is COCCNCc1c(N(C)C)nc2sccn12. The molecule has 2 aromatic rings. The molecule has 0 aliphatic carbocycles. The zero-order valence-corrected chi connectivity index (χ0v) is 11.3. The molecule has 0 aliphatic rings. The summed E-state index contributed by atoms with van der Waals surface area (Å²) >= 11 is 1.66. The molecule has 2 heterocycles. The summed E-state index contributed by atoms with van der Waals surface area (Å²) < 4.78 is 7.16. The molecule has 0 saturated heterocycles. The molecule has 6 heteroatoms. The maximum Gasteiger partial charge on any atom is 0.195 e. The van der Waals surface area contributed by atoms with E-state index in [1.165, 1.54) is 5.69 Å². The lowest BCUT2D eigenvalue weighted by molar-refractivity contribution is 0.199. The van der Waals surface area contributed by atoms with Gasteiger partial charge in [-0.1, -0.05) is 0 Å². The number of thiazole rings is 1. The summed E-state index contributed by atoms with van der Waals surface area (Å²) in [5.74, 6) is 1.03. The van der Waals surface area contributed by atoms with Crippen LogP contribution in [0.1, 0.15) is 5.69 Å². The third-order valence-corrected chi connectivity index (χ3v) is 3.30. The lowest BCUT2D eigenvalue weighted by Gasteiger charge is -2.12. The molecular weight excluding hydrogens is 236 g/mol. The number of nitrogens with zero attached hydrogens (tertiary/aromatic N) is 3. The fourth-order valence-electron chi connectivity index (χ4n) is 1.72. The Labute approximate surface area is 105 Å². The fourth-order valence-corrected chi connectivity index (χ4v) is 2.45. The third-order valence-electron chi connectivity index (χ3n) is 2.54. The lowest BCUT2D eigenvalue weighted by Crippen LogP contribution is -2.21. The normalized spacial score (nSPS) is 11.2. The highest BCUT2D eigenvalue weighted by Crippen LogP contribution is 2.22. The monoisotopic (exact) mass is 254 g/mol. The van der Waals surface area contributed by atoms with E-state index in [9.17, 15) is 0 Å². The maximum atomic E-state index is 5.02. The van der Waals surface area contributed by atoms with Gasteiger partial charge in [0.05, 0.1) is 12.3 Å². The quantitative estimate of drug-likeness (QED) is 0.787. The second-order valence-corrected chi connectivity index (χ2v) is 4.87. The van der Waals surface area contributed by atoms with Gasteiger partial charge in [-0.3, -0.25) is 4.40 Å². The average molecular weight is 254 g/mol. The first-order valence-corrected chi connectivity index (χ1v) is 6.43. The maximum absolute atomic E-state index is 5.02. The van der Waals surface area contributed by atoms with Crippen LogP contribution >= 0.6 is 11.3 Å². The second kappa shape index (κ2) is 5.48. The molecular formula is C11H18N4OS. The number of hydrogen-bond donors (Lipinski definition) is 1. The summed E-state index contributed by atoms with van der Waals surface area (Å²) in [6.07, 6.45) is 2.06. The van der Waals surface area contributed by atoms with Crippen LogP contribution in [-0.4, -0.2) is 43.7 Å². The number of anilines is 1. The van der Waals surface area contributed by atoms with Gasteiger partial charge in [0.2, 0.25) is 0 Å². The van der Waals surface area contributed by atoms with Gasteiger partial charge < -0.3 is 15.0 Å². The van der Waals surface area contributed by atoms with E-state index in [1.807, 2.05) is 19.0 Å². The summed E-state index contributed by atoms with van der Waals surface area (Å²) in [6, 6.07) is 0. The number of imidazole rings is 1. The van der Waals surface area contributed by atoms with Gasteiger partial charge in [0.25, 0.3) is 0 Å². The Morgan fingerprint density at radius 3 is 3.06 bits per heavy atom. The lowest BCUT2D eigenvalue weighted by atomic mass is 10.4. The molecule has 2 aromatic heterocycles. The first-order chi connectivity index (χ1) is 8.24. The summed E-state index contributed by atoms with van der Waals surface area (Å²) in [6.45, 7) is 2.37. The molecule has 1 N–H and O–H groups in total. The predicted molar refractivity (Wildman–Crippen MR) is 71.0 cm³/mol. The van der Waals surface area contributed by atoms with E-state index < -0.39 is 0 Å². The van der Waals surface area contributed by atoms with Crippen LogP contribution in [0.4, 0.5) is 5.82 Å². The number of ether oxygens (including phenoxy) is 1. The molecule has 0 fully saturated rings. The largest absolute Gasteiger partial charge is 0.383 e. The Kier molecular flexibility index (Phi) is 3.98. The number of fused-ring (bicyclic) bond motifs is 1. The smallest absolute Gasteiger partial charge is 0.195 e. The van der Waals surface area contributed by atoms with Crippen LogP contribution < -0.4 is 10.2 Å². The van der Waals surface area contributed by atoms with E-state index in [0.717, 1.165) is 30.5 Å². The molecule has 0 amide bonds. The van der Waals surface area contributed by atoms with Crippen LogP contribution in [-0.2, 0) is 11.3 Å². The van der Waals surface area contributed by atoms with Gasteiger partial charge in [0.1, 0.15) is 0 Å². The van der Waals surface area contributed by atoms with Gasteiger partial charge in [0, 0.05) is 45.9 Å². The van der Waals surface area contributed by atoms with Crippen molar-refractivity contribution in [3.63, 3.8) is 0 Å². The van der Waals surface area contributed by atoms with E-state index >= 15 is 0 Å². The molecule has 0 aliphatic heterocycles. The molecule has 0 aromatic carbocycles. The first-order valence-electron chi connectivity index (χ1n) is 5.55. The average Bonchev–Trinajstić information content (AvgIpc) is 2.85. The summed E-state index contributed by atoms with van der Waals surface area (Å²) in [4.78, 5) is 7.70. The molecule has 0 radical (unpaired) electrons. The highest BCUT2D eigenvalue weighted by Gasteiger charge is 2.13. The Hall–Kier alpha value is -1.11. The first kappa shape index (κ1) is 12.3. The Morgan fingerprint density at radius 2 is 2.35 bits per heavy atom. The minimum Gasteiger partial charge on any atom is -0.383 e. The number of hydrogen-bond acceptors (Lipinski definition) is 5. The van der Waals surface area contributed by atoms with E-state index in [-0.39, 0.29) is 0 Å². The van der Waals surface area contributed by atoms with Gasteiger partial charge in [-0.2, -0.15) is 0 Å². The Balaban J connectivity index is 2.17. The summed E-state index contributed by atoms with van der Waals surface area (Å²) in [7, 11) is 5.75. The van der Waals surface area contributed by atoms with Crippen molar-refractivity contribution in [3.8, 4) is 0 Å². The molecule has 94 valence electrons. The predicted octanol–water partition coefficient (Wildman–Crippen LogP) is 1.20. The zero-order chi connectivity index (χ0) is 12.3. The molecule has 0 bridgehead atoms. The van der Waals surface area contributed by atoms with E-state index in [2.05, 4.69) is 26.3 Å².